The zero-order chi connectivity index (χ0) is 25.1. The number of carbonyl (C=O) groups is 1. The summed E-state index contributed by atoms with van der Waals surface area (Å²) in [5.74, 6) is -0.164. The van der Waals surface area contributed by atoms with Crippen LogP contribution >= 0.6 is 0 Å². The van der Waals surface area contributed by atoms with Crippen molar-refractivity contribution in [3.8, 4) is 0 Å². The Morgan fingerprint density at radius 1 is 0.794 bits per heavy atom. The van der Waals surface area contributed by atoms with E-state index >= 15 is 0 Å². The second kappa shape index (κ2) is 9.69. The van der Waals surface area contributed by atoms with Gasteiger partial charge in [0.15, 0.2) is 0 Å². The average molecular weight is 501 g/mol. The molecule has 0 radical (unpaired) electrons. The molecule has 0 aliphatic rings. The fourth-order valence-corrected chi connectivity index (χ4v) is 6.80. The summed E-state index contributed by atoms with van der Waals surface area (Å²) in [6.45, 7) is 6.76. The molecule has 0 unspecified atom stereocenters. The van der Waals surface area contributed by atoms with Crippen molar-refractivity contribution >= 4 is 31.6 Å². The highest BCUT2D eigenvalue weighted by molar-refractivity contribution is 8.04. The van der Waals surface area contributed by atoms with Crippen molar-refractivity contribution in [3.05, 3.63) is 90.0 Å². The van der Waals surface area contributed by atoms with Gasteiger partial charge in [-0.05, 0) is 48.4 Å². The molecule has 0 aromatic heterocycles. The first kappa shape index (κ1) is 25.6. The standard InChI is InChI=1S/C25H28N2O5S2/c1-19-17-20(15-16-23(19)26-24(28)25(2,3)4)18-27(33(29,30)21-11-7-5-8-12-21)34(31,32)22-13-9-6-10-14-22/h5-17H,18H2,1-4H3,(H,26,28). The van der Waals surface area contributed by atoms with Crippen molar-refractivity contribution < 1.29 is 21.6 Å². The van der Waals surface area contributed by atoms with Crippen molar-refractivity contribution in [1.29, 1.82) is 0 Å². The monoisotopic (exact) mass is 500 g/mol. The van der Waals surface area contributed by atoms with Crippen LogP contribution in [0.25, 0.3) is 0 Å². The molecule has 0 bridgehead atoms. The van der Waals surface area contributed by atoms with Crippen LogP contribution in [-0.4, -0.2) is 26.5 Å². The molecular weight excluding hydrogens is 472 g/mol. The zero-order valence-corrected chi connectivity index (χ0v) is 21.2. The van der Waals surface area contributed by atoms with Crippen molar-refractivity contribution in [3.63, 3.8) is 0 Å². The molecular formula is C25H28N2O5S2. The molecule has 0 aliphatic carbocycles. The minimum atomic E-state index is -4.39. The molecule has 0 saturated carbocycles. The summed E-state index contributed by atoms with van der Waals surface area (Å²) < 4.78 is 54.3. The van der Waals surface area contributed by atoms with Gasteiger partial charge in [-0.15, -0.1) is 0 Å². The number of hydrogen-bond donors (Lipinski definition) is 1. The van der Waals surface area contributed by atoms with Gasteiger partial charge in [0.1, 0.15) is 0 Å². The van der Waals surface area contributed by atoms with Crippen molar-refractivity contribution in [1.82, 2.24) is 3.71 Å². The maximum absolute atomic E-state index is 13.5. The van der Waals surface area contributed by atoms with Crippen LogP contribution in [0.4, 0.5) is 5.69 Å². The minimum Gasteiger partial charge on any atom is -0.325 e. The molecule has 1 N–H and O–H groups in total. The van der Waals surface area contributed by atoms with E-state index in [1.54, 1.807) is 58.0 Å². The number of hydrogen-bond acceptors (Lipinski definition) is 5. The Morgan fingerprint density at radius 3 is 1.68 bits per heavy atom. The number of benzene rings is 3. The third-order valence-electron chi connectivity index (χ3n) is 5.15. The highest BCUT2D eigenvalue weighted by Gasteiger charge is 2.36. The predicted octanol–water partition coefficient (Wildman–Crippen LogP) is 4.56. The fourth-order valence-electron chi connectivity index (χ4n) is 3.14. The topological polar surface area (TPSA) is 101 Å². The molecule has 1 amide bonds. The van der Waals surface area contributed by atoms with E-state index in [2.05, 4.69) is 5.32 Å². The van der Waals surface area contributed by atoms with Crippen LogP contribution in [-0.2, 0) is 31.4 Å². The van der Waals surface area contributed by atoms with E-state index in [-0.39, 0.29) is 15.7 Å². The Bertz CT molecular complexity index is 1310. The number of rotatable bonds is 7. The molecule has 0 saturated heterocycles. The zero-order valence-electron chi connectivity index (χ0n) is 19.5. The number of amides is 1. The van der Waals surface area contributed by atoms with Crippen molar-refractivity contribution in [2.45, 2.75) is 44.0 Å². The van der Waals surface area contributed by atoms with Crippen LogP contribution in [0, 0.1) is 12.3 Å². The lowest BCUT2D eigenvalue weighted by atomic mass is 9.95. The van der Waals surface area contributed by atoms with Gasteiger partial charge in [0.25, 0.3) is 20.0 Å². The van der Waals surface area contributed by atoms with Crippen LogP contribution in [0.1, 0.15) is 31.9 Å². The minimum absolute atomic E-state index is 0.125. The van der Waals surface area contributed by atoms with Crippen molar-refractivity contribution in [2.75, 3.05) is 5.32 Å². The second-order valence-electron chi connectivity index (χ2n) is 8.92. The molecule has 9 heteroatoms. The molecule has 0 atom stereocenters. The van der Waals surface area contributed by atoms with Gasteiger partial charge in [0.05, 0.1) is 16.3 Å². The third kappa shape index (κ3) is 5.55. The Kier molecular flexibility index (Phi) is 7.30. The van der Waals surface area contributed by atoms with Gasteiger partial charge in [0, 0.05) is 11.1 Å². The van der Waals surface area contributed by atoms with Crippen LogP contribution in [0.3, 0.4) is 0 Å². The molecule has 180 valence electrons. The lowest BCUT2D eigenvalue weighted by molar-refractivity contribution is -0.123. The quantitative estimate of drug-likeness (QED) is 0.513. The number of nitrogens with one attached hydrogen (secondary N) is 1. The number of carbonyl (C=O) groups excluding carboxylic acids is 1. The summed E-state index contributed by atoms with van der Waals surface area (Å²) >= 11 is 0. The van der Waals surface area contributed by atoms with Gasteiger partial charge in [-0.1, -0.05) is 73.0 Å². The predicted molar refractivity (Wildman–Crippen MR) is 132 cm³/mol. The molecule has 0 aliphatic heterocycles. The molecule has 0 fully saturated rings. The van der Waals surface area contributed by atoms with Gasteiger partial charge < -0.3 is 5.32 Å². The van der Waals surface area contributed by atoms with Gasteiger partial charge >= 0.3 is 0 Å². The Hall–Kier alpha value is -3.01. The molecule has 34 heavy (non-hydrogen) atoms. The van der Waals surface area contributed by atoms with Gasteiger partial charge in [-0.2, -0.15) is 0 Å². The maximum atomic E-state index is 13.5. The summed E-state index contributed by atoms with van der Waals surface area (Å²) in [4.78, 5) is 12.1. The van der Waals surface area contributed by atoms with E-state index in [1.165, 1.54) is 48.5 Å². The van der Waals surface area contributed by atoms with Gasteiger partial charge in [-0.3, -0.25) is 4.79 Å². The Balaban J connectivity index is 2.04. The number of anilines is 1. The average Bonchev–Trinajstić information content (AvgIpc) is 2.79. The second-order valence-corrected chi connectivity index (χ2v) is 12.9. The molecule has 3 aromatic carbocycles. The summed E-state index contributed by atoms with van der Waals surface area (Å²) in [6, 6.07) is 19.8. The van der Waals surface area contributed by atoms with Crippen LogP contribution in [0.2, 0.25) is 0 Å². The summed E-state index contributed by atoms with van der Waals surface area (Å²) in [5.41, 5.74) is 1.14. The molecule has 0 spiro atoms. The van der Waals surface area contributed by atoms with Crippen molar-refractivity contribution in [2.24, 2.45) is 5.41 Å². The smallest absolute Gasteiger partial charge is 0.256 e. The Labute approximate surface area is 201 Å². The van der Waals surface area contributed by atoms with E-state index < -0.39 is 32.0 Å². The highest BCUT2D eigenvalue weighted by Crippen LogP contribution is 2.28. The van der Waals surface area contributed by atoms with Crippen LogP contribution in [0.5, 0.6) is 0 Å². The Morgan fingerprint density at radius 2 is 1.26 bits per heavy atom. The van der Waals surface area contributed by atoms with E-state index in [1.807, 2.05) is 0 Å². The van der Waals surface area contributed by atoms with Crippen LogP contribution < -0.4 is 5.32 Å². The SMILES string of the molecule is Cc1cc(CN(S(=O)(=O)c2ccccc2)S(=O)(=O)c2ccccc2)ccc1NC(=O)C(C)(C)C. The normalized spacial score (nSPS) is 12.5. The summed E-state index contributed by atoms with van der Waals surface area (Å²) in [6.07, 6.45) is 0. The molecule has 7 nitrogen and oxygen atoms in total. The van der Waals surface area contributed by atoms with E-state index in [0.29, 0.717) is 20.5 Å². The van der Waals surface area contributed by atoms with Gasteiger partial charge in [-0.25, -0.2) is 16.8 Å². The largest absolute Gasteiger partial charge is 0.325 e. The first-order valence-electron chi connectivity index (χ1n) is 10.6. The van der Waals surface area contributed by atoms with E-state index in [9.17, 15) is 21.6 Å². The van der Waals surface area contributed by atoms with Gasteiger partial charge in [0.2, 0.25) is 5.91 Å². The lowest BCUT2D eigenvalue weighted by Gasteiger charge is -2.23. The number of aryl methyl sites for hydroxylation is 1. The third-order valence-corrected chi connectivity index (χ3v) is 9.39. The maximum Gasteiger partial charge on any atom is 0.256 e. The van der Waals surface area contributed by atoms with Crippen LogP contribution in [0.15, 0.2) is 88.7 Å². The van der Waals surface area contributed by atoms with E-state index in [4.69, 9.17) is 0 Å². The highest BCUT2D eigenvalue weighted by atomic mass is 32.3. The number of sulfonamides is 2. The lowest BCUT2D eigenvalue weighted by Crippen LogP contribution is -2.36. The molecule has 3 aromatic rings. The number of nitrogens with zero attached hydrogens (tertiary/aromatic N) is 1. The summed E-state index contributed by atoms with van der Waals surface area (Å²) in [5, 5.41) is 2.85. The molecule has 0 heterocycles. The first-order chi connectivity index (χ1) is 15.8. The molecule has 3 rings (SSSR count). The first-order valence-corrected chi connectivity index (χ1v) is 13.5. The van der Waals surface area contributed by atoms with E-state index in [0.717, 1.165) is 0 Å². The summed E-state index contributed by atoms with van der Waals surface area (Å²) in [7, 11) is -8.78. The fraction of sp³-hybridized carbons (Fsp3) is 0.240.